The summed E-state index contributed by atoms with van der Waals surface area (Å²) in [6, 6.07) is 6.56. The first kappa shape index (κ1) is 17.3. The molecule has 1 amide bonds. The number of carbonyl (C=O) groups is 1. The molecule has 0 saturated carbocycles. The van der Waals surface area contributed by atoms with Crippen LogP contribution in [0.25, 0.3) is 0 Å². The van der Waals surface area contributed by atoms with Crippen molar-refractivity contribution in [2.24, 2.45) is 5.92 Å². The molecule has 1 aliphatic carbocycles. The number of amides is 1. The van der Waals surface area contributed by atoms with Crippen LogP contribution < -0.4 is 4.74 Å². The number of benzene rings is 1. The van der Waals surface area contributed by atoms with Gasteiger partial charge in [0.05, 0.1) is 7.11 Å². The van der Waals surface area contributed by atoms with Crippen LogP contribution in [-0.2, 0) is 11.2 Å². The summed E-state index contributed by atoms with van der Waals surface area (Å²) in [5.74, 6) is 1.70. The van der Waals surface area contributed by atoms with Crippen molar-refractivity contribution in [1.29, 1.82) is 0 Å². The van der Waals surface area contributed by atoms with Crippen molar-refractivity contribution >= 4 is 5.91 Å². The summed E-state index contributed by atoms with van der Waals surface area (Å²) in [6.07, 6.45) is 5.89. The Morgan fingerprint density at radius 1 is 1.33 bits per heavy atom. The van der Waals surface area contributed by atoms with Crippen molar-refractivity contribution < 1.29 is 14.6 Å². The monoisotopic (exact) mass is 331 g/mol. The van der Waals surface area contributed by atoms with E-state index in [1.165, 1.54) is 11.1 Å². The van der Waals surface area contributed by atoms with E-state index in [0.29, 0.717) is 24.9 Å². The molecule has 1 saturated heterocycles. The molecule has 1 heterocycles. The van der Waals surface area contributed by atoms with E-state index >= 15 is 0 Å². The lowest BCUT2D eigenvalue weighted by Crippen LogP contribution is -2.46. The van der Waals surface area contributed by atoms with Gasteiger partial charge >= 0.3 is 0 Å². The van der Waals surface area contributed by atoms with Crippen LogP contribution in [0.2, 0.25) is 0 Å². The first-order chi connectivity index (χ1) is 11.6. The zero-order valence-electron chi connectivity index (χ0n) is 14.8. The van der Waals surface area contributed by atoms with E-state index in [9.17, 15) is 9.90 Å². The number of ether oxygens (including phenoxy) is 1. The fourth-order valence-corrected chi connectivity index (χ4v) is 4.24. The summed E-state index contributed by atoms with van der Waals surface area (Å²) in [5, 5.41) is 9.43. The Bertz CT molecular complexity index is 586. The van der Waals surface area contributed by atoms with E-state index in [1.54, 1.807) is 7.11 Å². The van der Waals surface area contributed by atoms with Crippen LogP contribution in [0.5, 0.6) is 5.75 Å². The minimum Gasteiger partial charge on any atom is -0.497 e. The number of fused-ring (bicyclic) bond motifs is 1. The Kier molecular flexibility index (Phi) is 5.44. The standard InChI is InChI=1S/C20H29NO3/c1-14-6-7-15(13-22)12-21(14)20(23)11-17-5-3-4-16-10-18(24-2)8-9-19(16)17/h8-10,14-15,17,22H,3-7,11-13H2,1-2H3. The summed E-state index contributed by atoms with van der Waals surface area (Å²) < 4.78 is 5.33. The largest absolute Gasteiger partial charge is 0.497 e. The van der Waals surface area contributed by atoms with E-state index in [1.807, 2.05) is 11.0 Å². The van der Waals surface area contributed by atoms with Gasteiger partial charge in [-0.25, -0.2) is 0 Å². The molecule has 3 rings (SSSR count). The third-order valence-electron chi connectivity index (χ3n) is 5.77. The van der Waals surface area contributed by atoms with Gasteiger partial charge in [-0.2, -0.15) is 0 Å². The number of aryl methyl sites for hydroxylation is 1. The van der Waals surface area contributed by atoms with Gasteiger partial charge in [-0.1, -0.05) is 6.07 Å². The number of hydrogen-bond donors (Lipinski definition) is 1. The highest BCUT2D eigenvalue weighted by atomic mass is 16.5. The normalized spacial score (nSPS) is 26.8. The molecule has 0 bridgehead atoms. The first-order valence-electron chi connectivity index (χ1n) is 9.19. The molecular formula is C20H29NO3. The van der Waals surface area contributed by atoms with Crippen molar-refractivity contribution in [3.05, 3.63) is 29.3 Å². The van der Waals surface area contributed by atoms with Crippen molar-refractivity contribution in [2.75, 3.05) is 20.3 Å². The molecule has 1 aromatic rings. The second kappa shape index (κ2) is 7.56. The van der Waals surface area contributed by atoms with E-state index in [2.05, 4.69) is 19.1 Å². The number of aliphatic hydroxyl groups is 1. The summed E-state index contributed by atoms with van der Waals surface area (Å²) in [5.41, 5.74) is 2.65. The van der Waals surface area contributed by atoms with Crippen LogP contribution in [0.1, 0.15) is 56.1 Å². The topological polar surface area (TPSA) is 49.8 Å². The van der Waals surface area contributed by atoms with Gasteiger partial charge in [0.2, 0.25) is 5.91 Å². The zero-order valence-corrected chi connectivity index (χ0v) is 14.8. The van der Waals surface area contributed by atoms with Crippen LogP contribution >= 0.6 is 0 Å². The predicted molar refractivity (Wildman–Crippen MR) is 94.3 cm³/mol. The number of rotatable bonds is 4. The maximum atomic E-state index is 12.9. The van der Waals surface area contributed by atoms with Gasteiger partial charge in [-0.05, 0) is 74.1 Å². The Morgan fingerprint density at radius 3 is 2.92 bits per heavy atom. The number of nitrogens with zero attached hydrogens (tertiary/aromatic N) is 1. The molecule has 4 nitrogen and oxygen atoms in total. The SMILES string of the molecule is COc1ccc2c(c1)CCCC2CC(=O)N1CC(CO)CCC1C. The van der Waals surface area contributed by atoms with Gasteiger partial charge in [0, 0.05) is 25.6 Å². The molecule has 2 aliphatic rings. The molecule has 0 spiro atoms. The summed E-state index contributed by atoms with van der Waals surface area (Å²) >= 11 is 0. The average molecular weight is 331 g/mol. The zero-order chi connectivity index (χ0) is 17.1. The van der Waals surface area contributed by atoms with Gasteiger partial charge in [0.15, 0.2) is 0 Å². The maximum absolute atomic E-state index is 12.9. The van der Waals surface area contributed by atoms with Crippen molar-refractivity contribution in [3.63, 3.8) is 0 Å². The molecule has 1 N–H and O–H groups in total. The summed E-state index contributed by atoms with van der Waals surface area (Å²) in [4.78, 5) is 14.9. The second-order valence-corrected chi connectivity index (χ2v) is 7.38. The van der Waals surface area contributed by atoms with Crippen LogP contribution in [0.15, 0.2) is 18.2 Å². The lowest BCUT2D eigenvalue weighted by Gasteiger charge is -2.38. The van der Waals surface area contributed by atoms with Crippen LogP contribution in [0, 0.1) is 5.92 Å². The molecule has 1 aromatic carbocycles. The molecule has 132 valence electrons. The van der Waals surface area contributed by atoms with Crippen LogP contribution in [-0.4, -0.2) is 42.2 Å². The third kappa shape index (κ3) is 3.59. The molecule has 4 heteroatoms. The molecule has 3 unspecified atom stereocenters. The molecule has 0 aromatic heterocycles. The minimum atomic E-state index is 0.183. The Morgan fingerprint density at radius 2 is 2.17 bits per heavy atom. The van der Waals surface area contributed by atoms with Crippen LogP contribution in [0.4, 0.5) is 0 Å². The number of carbonyl (C=O) groups excluding carboxylic acids is 1. The number of hydrogen-bond acceptors (Lipinski definition) is 3. The number of aliphatic hydroxyl groups excluding tert-OH is 1. The molecule has 3 atom stereocenters. The van der Waals surface area contributed by atoms with Gasteiger partial charge in [0.1, 0.15) is 5.75 Å². The minimum absolute atomic E-state index is 0.183. The highest BCUT2D eigenvalue weighted by molar-refractivity contribution is 5.77. The Hall–Kier alpha value is -1.55. The Labute approximate surface area is 144 Å². The molecule has 24 heavy (non-hydrogen) atoms. The summed E-state index contributed by atoms with van der Waals surface area (Å²) in [6.45, 7) is 3.02. The Balaban J connectivity index is 1.71. The molecule has 1 aliphatic heterocycles. The predicted octanol–water partition coefficient (Wildman–Crippen LogP) is 3.12. The lowest BCUT2D eigenvalue weighted by atomic mass is 9.80. The van der Waals surface area contributed by atoms with E-state index in [-0.39, 0.29) is 18.4 Å². The number of likely N-dealkylation sites (tertiary alicyclic amines) is 1. The highest BCUT2D eigenvalue weighted by Crippen LogP contribution is 2.36. The fourth-order valence-electron chi connectivity index (χ4n) is 4.24. The van der Waals surface area contributed by atoms with E-state index < -0.39 is 0 Å². The van der Waals surface area contributed by atoms with Gasteiger partial charge in [-0.15, -0.1) is 0 Å². The fraction of sp³-hybridized carbons (Fsp3) is 0.650. The average Bonchev–Trinajstić information content (AvgIpc) is 2.61. The lowest BCUT2D eigenvalue weighted by molar-refractivity contribution is -0.136. The first-order valence-corrected chi connectivity index (χ1v) is 9.19. The second-order valence-electron chi connectivity index (χ2n) is 7.38. The molecule has 0 radical (unpaired) electrons. The van der Waals surface area contributed by atoms with Gasteiger partial charge in [-0.3, -0.25) is 4.79 Å². The third-order valence-corrected chi connectivity index (χ3v) is 5.77. The van der Waals surface area contributed by atoms with Crippen molar-refractivity contribution in [1.82, 2.24) is 4.90 Å². The van der Waals surface area contributed by atoms with Crippen LogP contribution in [0.3, 0.4) is 0 Å². The summed E-state index contributed by atoms with van der Waals surface area (Å²) in [7, 11) is 1.70. The van der Waals surface area contributed by atoms with Crippen molar-refractivity contribution in [2.45, 2.75) is 57.4 Å². The number of piperidine rings is 1. The molecule has 1 fully saturated rings. The van der Waals surface area contributed by atoms with Gasteiger partial charge in [0.25, 0.3) is 0 Å². The smallest absolute Gasteiger partial charge is 0.223 e. The molecular weight excluding hydrogens is 302 g/mol. The highest BCUT2D eigenvalue weighted by Gasteiger charge is 2.31. The van der Waals surface area contributed by atoms with Crippen molar-refractivity contribution in [3.8, 4) is 5.75 Å². The van der Waals surface area contributed by atoms with Gasteiger partial charge < -0.3 is 14.7 Å². The quantitative estimate of drug-likeness (QED) is 0.922. The van der Waals surface area contributed by atoms with E-state index in [0.717, 1.165) is 37.9 Å². The maximum Gasteiger partial charge on any atom is 0.223 e. The van der Waals surface area contributed by atoms with E-state index in [4.69, 9.17) is 4.74 Å². The number of methoxy groups -OCH3 is 1.